The van der Waals surface area contributed by atoms with Crippen molar-refractivity contribution in [3.63, 3.8) is 0 Å². The number of Topliss-reactive ketones (excluding diaryl/α,β-unsaturated/α-hetero) is 1. The molecule has 0 unspecified atom stereocenters. The minimum absolute atomic E-state index is 0.0187. The summed E-state index contributed by atoms with van der Waals surface area (Å²) in [5.74, 6) is 0.452. The highest BCUT2D eigenvalue weighted by Crippen LogP contribution is 2.34. The van der Waals surface area contributed by atoms with Crippen molar-refractivity contribution < 1.29 is 14.3 Å². The summed E-state index contributed by atoms with van der Waals surface area (Å²) in [6, 6.07) is 2.05. The number of carbonyl (C=O) groups excluding carboxylic acids is 1. The van der Waals surface area contributed by atoms with Gasteiger partial charge < -0.3 is 9.47 Å². The topological polar surface area (TPSA) is 72.2 Å². The number of carbonyl (C=O) groups is 1. The molecule has 1 aromatic heterocycles. The van der Waals surface area contributed by atoms with Crippen molar-refractivity contribution in [1.82, 2.24) is 4.98 Å². The molecule has 5 heteroatoms. The molecule has 0 amide bonds. The highest BCUT2D eigenvalue weighted by molar-refractivity contribution is 6.01. The maximum atomic E-state index is 11.9. The van der Waals surface area contributed by atoms with Crippen LogP contribution in [-0.4, -0.2) is 25.0 Å². The minimum Gasteiger partial charge on any atom is -0.480 e. The van der Waals surface area contributed by atoms with E-state index in [2.05, 4.69) is 11.1 Å². The predicted molar refractivity (Wildman–Crippen MR) is 59.3 cm³/mol. The lowest BCUT2D eigenvalue weighted by Crippen LogP contribution is -2.16. The monoisotopic (exact) mass is 232 g/mol. The molecular formula is C12H12N2O3. The van der Waals surface area contributed by atoms with Gasteiger partial charge in [-0.25, -0.2) is 0 Å². The summed E-state index contributed by atoms with van der Waals surface area (Å²) in [5.41, 5.74) is 1.49. The molecule has 0 radical (unpaired) electrons. The molecule has 0 atom stereocenters. The number of pyridine rings is 1. The highest BCUT2D eigenvalue weighted by atomic mass is 16.5. The smallest absolute Gasteiger partial charge is 0.235 e. The molecule has 1 aromatic rings. The highest BCUT2D eigenvalue weighted by Gasteiger charge is 2.28. The molecule has 0 aromatic carbocycles. The van der Waals surface area contributed by atoms with Gasteiger partial charge in [0.1, 0.15) is 11.6 Å². The standard InChI is InChI=1S/C12H12N2O3/c1-16-11-8(6-13)7-4-3-5-9(15)10(7)12(14-11)17-2/h3-5H2,1-2H3. The van der Waals surface area contributed by atoms with Crippen molar-refractivity contribution in [3.05, 3.63) is 16.7 Å². The van der Waals surface area contributed by atoms with Crippen molar-refractivity contribution in [3.8, 4) is 17.8 Å². The first-order valence-corrected chi connectivity index (χ1v) is 5.31. The molecule has 5 nitrogen and oxygen atoms in total. The van der Waals surface area contributed by atoms with Crippen molar-refractivity contribution in [2.45, 2.75) is 19.3 Å². The fourth-order valence-electron chi connectivity index (χ4n) is 2.09. The third kappa shape index (κ3) is 1.72. The Morgan fingerprint density at radius 3 is 2.53 bits per heavy atom. The Balaban J connectivity index is 2.75. The SMILES string of the molecule is COc1nc(OC)c2c(c1C#N)CCCC2=O. The summed E-state index contributed by atoms with van der Waals surface area (Å²) in [4.78, 5) is 15.9. The molecule has 1 aliphatic carbocycles. The van der Waals surface area contributed by atoms with Crippen LogP contribution >= 0.6 is 0 Å². The summed E-state index contributed by atoms with van der Waals surface area (Å²) in [6.45, 7) is 0. The minimum atomic E-state index is -0.0187. The number of rotatable bonds is 2. The van der Waals surface area contributed by atoms with Gasteiger partial charge in [-0.05, 0) is 18.4 Å². The number of ketones is 1. The molecule has 2 rings (SSSR count). The lowest BCUT2D eigenvalue weighted by atomic mass is 9.89. The fourth-order valence-corrected chi connectivity index (χ4v) is 2.09. The van der Waals surface area contributed by atoms with Crippen molar-refractivity contribution in [2.24, 2.45) is 0 Å². The molecule has 88 valence electrons. The fraction of sp³-hybridized carbons (Fsp3) is 0.417. The van der Waals surface area contributed by atoms with Crippen molar-refractivity contribution in [1.29, 1.82) is 5.26 Å². The van der Waals surface area contributed by atoms with Crippen LogP contribution in [0.3, 0.4) is 0 Å². The first-order chi connectivity index (χ1) is 8.22. The van der Waals surface area contributed by atoms with Gasteiger partial charge in [-0.15, -0.1) is 0 Å². The van der Waals surface area contributed by atoms with Gasteiger partial charge in [0.25, 0.3) is 0 Å². The van der Waals surface area contributed by atoms with Gasteiger partial charge in [0.05, 0.1) is 19.8 Å². The second-order valence-corrected chi connectivity index (χ2v) is 3.75. The van der Waals surface area contributed by atoms with Gasteiger partial charge in [-0.2, -0.15) is 10.2 Å². The van der Waals surface area contributed by atoms with E-state index in [9.17, 15) is 4.79 Å². The van der Waals surface area contributed by atoms with Crippen molar-refractivity contribution in [2.75, 3.05) is 14.2 Å². The number of hydrogen-bond donors (Lipinski definition) is 0. The Bertz CT molecular complexity index is 517. The number of fused-ring (bicyclic) bond motifs is 1. The summed E-state index contributed by atoms with van der Waals surface area (Å²) >= 11 is 0. The average molecular weight is 232 g/mol. The zero-order valence-electron chi connectivity index (χ0n) is 9.74. The average Bonchev–Trinajstić information content (AvgIpc) is 2.36. The lowest BCUT2D eigenvalue weighted by Gasteiger charge is -2.19. The normalized spacial score (nSPS) is 13.8. The van der Waals surface area contributed by atoms with Gasteiger partial charge in [-0.1, -0.05) is 0 Å². The first-order valence-electron chi connectivity index (χ1n) is 5.31. The van der Waals surface area contributed by atoms with E-state index in [-0.39, 0.29) is 17.5 Å². The van der Waals surface area contributed by atoms with Crippen LogP contribution < -0.4 is 9.47 Å². The molecular weight excluding hydrogens is 220 g/mol. The second kappa shape index (κ2) is 4.42. The summed E-state index contributed by atoms with van der Waals surface area (Å²) in [7, 11) is 2.90. The number of nitrogens with zero attached hydrogens (tertiary/aromatic N) is 2. The molecule has 0 saturated heterocycles. The van der Waals surface area contributed by atoms with Crippen LogP contribution in [0.1, 0.15) is 34.3 Å². The number of hydrogen-bond acceptors (Lipinski definition) is 5. The Kier molecular flexibility index (Phi) is 2.96. The lowest BCUT2D eigenvalue weighted by molar-refractivity contribution is 0.0968. The van der Waals surface area contributed by atoms with Crippen LogP contribution in [0.15, 0.2) is 0 Å². The molecule has 0 spiro atoms. The summed E-state index contributed by atoms with van der Waals surface area (Å²) in [6.07, 6.45) is 1.90. The molecule has 0 bridgehead atoms. The third-order valence-electron chi connectivity index (χ3n) is 2.84. The Morgan fingerprint density at radius 1 is 1.24 bits per heavy atom. The summed E-state index contributed by atoms with van der Waals surface area (Å²) in [5, 5.41) is 9.13. The second-order valence-electron chi connectivity index (χ2n) is 3.75. The predicted octanol–water partition coefficient (Wildman–Crippen LogP) is 1.49. The quantitative estimate of drug-likeness (QED) is 0.772. The number of aromatic nitrogens is 1. The third-order valence-corrected chi connectivity index (χ3v) is 2.84. The molecule has 17 heavy (non-hydrogen) atoms. The van der Waals surface area contributed by atoms with Gasteiger partial charge in [0.15, 0.2) is 5.78 Å². The molecule has 1 aliphatic rings. The Morgan fingerprint density at radius 2 is 1.94 bits per heavy atom. The van der Waals surface area contributed by atoms with E-state index in [1.165, 1.54) is 14.2 Å². The van der Waals surface area contributed by atoms with E-state index >= 15 is 0 Å². The van der Waals surface area contributed by atoms with Gasteiger partial charge in [-0.3, -0.25) is 4.79 Å². The van der Waals surface area contributed by atoms with E-state index in [0.29, 0.717) is 29.5 Å². The summed E-state index contributed by atoms with van der Waals surface area (Å²) < 4.78 is 10.2. The zero-order chi connectivity index (χ0) is 12.4. The molecule has 1 heterocycles. The molecule has 0 N–H and O–H groups in total. The van der Waals surface area contributed by atoms with Crippen LogP contribution in [0.2, 0.25) is 0 Å². The van der Waals surface area contributed by atoms with Gasteiger partial charge in [0, 0.05) is 6.42 Å². The van der Waals surface area contributed by atoms with E-state index < -0.39 is 0 Å². The van der Waals surface area contributed by atoms with E-state index in [4.69, 9.17) is 14.7 Å². The Hall–Kier alpha value is -2.09. The van der Waals surface area contributed by atoms with Crippen LogP contribution in [0, 0.1) is 11.3 Å². The van der Waals surface area contributed by atoms with Crippen LogP contribution in [0.4, 0.5) is 0 Å². The van der Waals surface area contributed by atoms with Gasteiger partial charge >= 0.3 is 0 Å². The molecule has 0 fully saturated rings. The maximum Gasteiger partial charge on any atom is 0.235 e. The first kappa shape index (κ1) is 11.4. The molecule has 0 saturated carbocycles. The zero-order valence-corrected chi connectivity index (χ0v) is 9.74. The van der Waals surface area contributed by atoms with E-state index in [1.807, 2.05) is 0 Å². The van der Waals surface area contributed by atoms with Crippen molar-refractivity contribution >= 4 is 5.78 Å². The maximum absolute atomic E-state index is 11.9. The largest absolute Gasteiger partial charge is 0.480 e. The molecule has 0 aliphatic heterocycles. The van der Waals surface area contributed by atoms with E-state index in [1.54, 1.807) is 0 Å². The van der Waals surface area contributed by atoms with Crippen LogP contribution in [-0.2, 0) is 6.42 Å². The van der Waals surface area contributed by atoms with Gasteiger partial charge in [0.2, 0.25) is 11.8 Å². The van der Waals surface area contributed by atoms with Crippen LogP contribution in [0.5, 0.6) is 11.8 Å². The van der Waals surface area contributed by atoms with Crippen LogP contribution in [0.25, 0.3) is 0 Å². The number of nitriles is 1. The number of ether oxygens (including phenoxy) is 2. The van der Waals surface area contributed by atoms with E-state index in [0.717, 1.165) is 6.42 Å². The number of methoxy groups -OCH3 is 2. The Labute approximate surface area is 99.0 Å².